The first-order chi connectivity index (χ1) is 9.47. The van der Waals surface area contributed by atoms with E-state index in [1.54, 1.807) is 0 Å². The van der Waals surface area contributed by atoms with Gasteiger partial charge in [-0.3, -0.25) is 14.9 Å². The van der Waals surface area contributed by atoms with Gasteiger partial charge in [0.05, 0.1) is 12.2 Å². The molecule has 1 aromatic carbocycles. The van der Waals surface area contributed by atoms with E-state index in [9.17, 15) is 18.4 Å². The molecule has 0 spiro atoms. The maximum Gasteiger partial charge on any atom is 0.320 e. The van der Waals surface area contributed by atoms with Crippen LogP contribution < -0.4 is 10.6 Å². The Kier molecular flexibility index (Phi) is 4.29. The van der Waals surface area contributed by atoms with Crippen molar-refractivity contribution in [2.45, 2.75) is 18.9 Å². The third-order valence-electron chi connectivity index (χ3n) is 3.05. The fourth-order valence-electron chi connectivity index (χ4n) is 1.87. The predicted molar refractivity (Wildman–Crippen MR) is 67.1 cm³/mol. The van der Waals surface area contributed by atoms with Gasteiger partial charge in [0.2, 0.25) is 5.91 Å². The monoisotopic (exact) mass is 284 g/mol. The Labute approximate surface area is 114 Å². The molecule has 5 nitrogen and oxygen atoms in total. The molecule has 1 aromatic rings. The van der Waals surface area contributed by atoms with Gasteiger partial charge in [0, 0.05) is 6.07 Å². The first-order valence-electron chi connectivity index (χ1n) is 6.18. The highest BCUT2D eigenvalue weighted by molar-refractivity contribution is 5.92. The molecule has 0 radical (unpaired) electrons. The van der Waals surface area contributed by atoms with E-state index < -0.39 is 29.6 Å². The van der Waals surface area contributed by atoms with E-state index in [0.717, 1.165) is 25.0 Å². The number of hydrogen-bond acceptors (Lipinski definition) is 3. The highest BCUT2D eigenvalue weighted by Gasteiger charge is 2.36. The lowest BCUT2D eigenvalue weighted by molar-refractivity contribution is -0.140. The fraction of sp³-hybridized carbons (Fsp3) is 0.385. The van der Waals surface area contributed by atoms with Gasteiger partial charge in [0.25, 0.3) is 0 Å². The van der Waals surface area contributed by atoms with Crippen molar-refractivity contribution in [3.05, 3.63) is 29.8 Å². The van der Waals surface area contributed by atoms with E-state index >= 15 is 0 Å². The number of anilines is 1. The van der Waals surface area contributed by atoms with Crippen LogP contribution in [0.2, 0.25) is 0 Å². The Bertz CT molecular complexity index is 532. The average Bonchev–Trinajstić information content (AvgIpc) is 3.17. The van der Waals surface area contributed by atoms with Crippen molar-refractivity contribution < 1.29 is 23.5 Å². The van der Waals surface area contributed by atoms with Crippen LogP contribution in [0.15, 0.2) is 18.2 Å². The second kappa shape index (κ2) is 5.96. The average molecular weight is 284 g/mol. The van der Waals surface area contributed by atoms with Gasteiger partial charge >= 0.3 is 5.97 Å². The van der Waals surface area contributed by atoms with E-state index in [1.807, 2.05) is 0 Å². The molecule has 108 valence electrons. The summed E-state index contributed by atoms with van der Waals surface area (Å²) in [5.74, 6) is -3.16. The van der Waals surface area contributed by atoms with Gasteiger partial charge < -0.3 is 10.4 Å². The molecule has 0 bridgehead atoms. The molecular formula is C13H14F2N2O3. The highest BCUT2D eigenvalue weighted by atomic mass is 19.1. The zero-order chi connectivity index (χ0) is 14.7. The molecule has 0 aromatic heterocycles. The van der Waals surface area contributed by atoms with Gasteiger partial charge in [0.1, 0.15) is 17.7 Å². The summed E-state index contributed by atoms with van der Waals surface area (Å²) in [5, 5.41) is 13.8. The molecule has 0 saturated heterocycles. The van der Waals surface area contributed by atoms with E-state index in [1.165, 1.54) is 0 Å². The molecule has 1 saturated carbocycles. The van der Waals surface area contributed by atoms with E-state index in [0.29, 0.717) is 6.07 Å². The second-order valence-corrected chi connectivity index (χ2v) is 4.71. The smallest absolute Gasteiger partial charge is 0.320 e. The standard InChI is InChI=1S/C13H14F2N2O3/c14-8-3-4-10(9(15)5-8)17-11(18)6-16-12(13(19)20)7-1-2-7/h3-5,7,12,16H,1-2,6H2,(H,17,18)(H,19,20). The minimum atomic E-state index is -1.01. The van der Waals surface area contributed by atoms with Crippen LogP contribution in [0.1, 0.15) is 12.8 Å². The zero-order valence-electron chi connectivity index (χ0n) is 10.5. The summed E-state index contributed by atoms with van der Waals surface area (Å²) in [6.07, 6.45) is 1.64. The molecule has 1 atom stereocenters. The molecule has 0 heterocycles. The number of carboxylic acid groups (broad SMARTS) is 1. The minimum Gasteiger partial charge on any atom is -0.480 e. The van der Waals surface area contributed by atoms with E-state index in [-0.39, 0.29) is 18.2 Å². The summed E-state index contributed by atoms with van der Waals surface area (Å²) < 4.78 is 26.0. The van der Waals surface area contributed by atoms with Crippen LogP contribution in [-0.4, -0.2) is 29.6 Å². The third-order valence-corrected chi connectivity index (χ3v) is 3.05. The number of hydrogen-bond donors (Lipinski definition) is 3. The minimum absolute atomic E-state index is 0.0443. The molecule has 7 heteroatoms. The lowest BCUT2D eigenvalue weighted by Crippen LogP contribution is -2.42. The maximum atomic E-state index is 13.3. The number of halogens is 2. The Morgan fingerprint density at radius 2 is 2.05 bits per heavy atom. The van der Waals surface area contributed by atoms with E-state index in [2.05, 4.69) is 10.6 Å². The number of carbonyl (C=O) groups is 2. The Morgan fingerprint density at radius 3 is 2.60 bits per heavy atom. The van der Waals surface area contributed by atoms with Gasteiger partial charge in [-0.25, -0.2) is 8.78 Å². The second-order valence-electron chi connectivity index (χ2n) is 4.71. The summed E-state index contributed by atoms with van der Waals surface area (Å²) >= 11 is 0. The van der Waals surface area contributed by atoms with Crippen LogP contribution in [0.3, 0.4) is 0 Å². The molecule has 0 aliphatic heterocycles. The quantitative estimate of drug-likeness (QED) is 0.737. The number of rotatable bonds is 6. The number of carbonyl (C=O) groups excluding carboxylic acids is 1. The lowest BCUT2D eigenvalue weighted by atomic mass is 10.2. The molecule has 1 amide bonds. The van der Waals surface area contributed by atoms with Crippen molar-refractivity contribution in [2.75, 3.05) is 11.9 Å². The van der Waals surface area contributed by atoms with Crippen LogP contribution in [0.5, 0.6) is 0 Å². The highest BCUT2D eigenvalue weighted by Crippen LogP contribution is 2.32. The summed E-state index contributed by atoms with van der Waals surface area (Å²) in [7, 11) is 0. The van der Waals surface area contributed by atoms with Crippen molar-refractivity contribution in [2.24, 2.45) is 5.92 Å². The van der Waals surface area contributed by atoms with Gasteiger partial charge in [-0.2, -0.15) is 0 Å². The number of nitrogens with one attached hydrogen (secondary N) is 2. The summed E-state index contributed by atoms with van der Waals surface area (Å²) in [6, 6.07) is 2.03. The molecule has 1 aliphatic carbocycles. The van der Waals surface area contributed by atoms with Gasteiger partial charge in [-0.15, -0.1) is 0 Å². The fourth-order valence-corrected chi connectivity index (χ4v) is 1.87. The van der Waals surface area contributed by atoms with Crippen LogP contribution in [0, 0.1) is 17.6 Å². The summed E-state index contributed by atoms with van der Waals surface area (Å²) in [5.41, 5.74) is -0.142. The molecule has 3 N–H and O–H groups in total. The Balaban J connectivity index is 1.87. The van der Waals surface area contributed by atoms with Gasteiger partial charge in [0.15, 0.2) is 0 Å². The summed E-state index contributed by atoms with van der Waals surface area (Å²) in [6.45, 7) is -0.246. The lowest BCUT2D eigenvalue weighted by Gasteiger charge is -2.13. The van der Waals surface area contributed by atoms with Crippen molar-refractivity contribution in [3.63, 3.8) is 0 Å². The molecule has 1 fully saturated rings. The number of aliphatic carboxylic acids is 1. The number of carboxylic acids is 1. The van der Waals surface area contributed by atoms with Crippen LogP contribution in [0.25, 0.3) is 0 Å². The molecule has 20 heavy (non-hydrogen) atoms. The Hall–Kier alpha value is -2.02. The van der Waals surface area contributed by atoms with Crippen molar-refractivity contribution in [1.29, 1.82) is 0 Å². The van der Waals surface area contributed by atoms with Crippen LogP contribution in [0.4, 0.5) is 14.5 Å². The maximum absolute atomic E-state index is 13.3. The molecule has 1 aliphatic rings. The molecule has 1 unspecified atom stereocenters. The zero-order valence-corrected chi connectivity index (χ0v) is 10.5. The van der Waals surface area contributed by atoms with Gasteiger partial charge in [-0.05, 0) is 30.9 Å². The number of benzene rings is 1. The molecular weight excluding hydrogens is 270 g/mol. The first kappa shape index (κ1) is 14.4. The van der Waals surface area contributed by atoms with E-state index in [4.69, 9.17) is 5.11 Å². The predicted octanol–water partition coefficient (Wildman–Crippen LogP) is 1.36. The Morgan fingerprint density at radius 1 is 1.35 bits per heavy atom. The topological polar surface area (TPSA) is 78.4 Å². The van der Waals surface area contributed by atoms with Crippen LogP contribution >= 0.6 is 0 Å². The van der Waals surface area contributed by atoms with Gasteiger partial charge in [-0.1, -0.05) is 0 Å². The SMILES string of the molecule is O=C(CNC(C(=O)O)C1CC1)Nc1ccc(F)cc1F. The van der Waals surface area contributed by atoms with Crippen molar-refractivity contribution >= 4 is 17.6 Å². The largest absolute Gasteiger partial charge is 0.480 e. The first-order valence-corrected chi connectivity index (χ1v) is 6.18. The van der Waals surface area contributed by atoms with Crippen molar-refractivity contribution in [1.82, 2.24) is 5.32 Å². The summed E-state index contributed by atoms with van der Waals surface area (Å²) in [4.78, 5) is 22.5. The normalized spacial score (nSPS) is 15.7. The molecule has 2 rings (SSSR count). The number of amides is 1. The van der Waals surface area contributed by atoms with Crippen LogP contribution in [-0.2, 0) is 9.59 Å². The third kappa shape index (κ3) is 3.74. The van der Waals surface area contributed by atoms with Crippen molar-refractivity contribution in [3.8, 4) is 0 Å².